The van der Waals surface area contributed by atoms with Gasteiger partial charge in [0.2, 0.25) is 0 Å². The Morgan fingerprint density at radius 3 is 2.68 bits per heavy atom. The normalized spacial score (nSPS) is 10.3. The molecule has 4 rings (SSSR count). The van der Waals surface area contributed by atoms with E-state index in [1.54, 1.807) is 23.7 Å². The lowest BCUT2D eigenvalue weighted by atomic mass is 10.2. The maximum absolute atomic E-state index is 4.66. The molecule has 0 aromatic carbocycles. The molecule has 0 amide bonds. The predicted octanol–water partition coefficient (Wildman–Crippen LogP) is 4.53. The maximum atomic E-state index is 4.66. The van der Waals surface area contributed by atoms with Crippen molar-refractivity contribution in [2.24, 2.45) is 0 Å². The number of aromatic nitrogens is 4. The fraction of sp³-hybridized carbons (Fsp3) is 0.211. The quantitative estimate of drug-likeness (QED) is 0.574. The number of rotatable bonds is 5. The van der Waals surface area contributed by atoms with Gasteiger partial charge in [-0.1, -0.05) is 19.9 Å². The van der Waals surface area contributed by atoms with Crippen LogP contribution in [0.1, 0.15) is 18.7 Å². The summed E-state index contributed by atoms with van der Waals surface area (Å²) in [5.41, 5.74) is 2.85. The van der Waals surface area contributed by atoms with Gasteiger partial charge in [0, 0.05) is 29.4 Å². The van der Waals surface area contributed by atoms with Crippen LogP contribution in [0.4, 0.5) is 5.82 Å². The molecule has 0 saturated heterocycles. The molecule has 0 aliphatic carbocycles. The van der Waals surface area contributed by atoms with Gasteiger partial charge >= 0.3 is 0 Å². The fourth-order valence-electron chi connectivity index (χ4n) is 2.46. The van der Waals surface area contributed by atoms with Crippen molar-refractivity contribution < 1.29 is 0 Å². The number of hydrogen-bond acceptors (Lipinski definition) is 5. The van der Waals surface area contributed by atoms with Crippen LogP contribution in [0.2, 0.25) is 0 Å². The van der Waals surface area contributed by atoms with Crippen molar-refractivity contribution in [3.63, 3.8) is 0 Å². The second-order valence-electron chi connectivity index (χ2n) is 5.12. The zero-order chi connectivity index (χ0) is 17.5. The summed E-state index contributed by atoms with van der Waals surface area (Å²) < 4.78 is 1.86. The molecular weight excluding hydrogens is 330 g/mol. The monoisotopic (exact) mass is 351 g/mol. The van der Waals surface area contributed by atoms with Gasteiger partial charge in [0.05, 0.1) is 11.9 Å². The van der Waals surface area contributed by atoms with Crippen LogP contribution in [0.25, 0.3) is 16.9 Å². The topological polar surface area (TPSA) is 55.1 Å². The second-order valence-corrected chi connectivity index (χ2v) is 6.16. The minimum absolute atomic E-state index is 0.834. The number of thiophene rings is 1. The molecule has 0 aliphatic rings. The smallest absolute Gasteiger partial charge is 0.154 e. The molecule has 0 bridgehead atoms. The lowest BCUT2D eigenvalue weighted by molar-refractivity contribution is 0.923. The molecule has 5 nitrogen and oxygen atoms in total. The number of anilines is 1. The van der Waals surface area contributed by atoms with Crippen molar-refractivity contribution in [3.8, 4) is 11.3 Å². The highest BCUT2D eigenvalue weighted by Gasteiger charge is 2.07. The molecule has 0 fully saturated rings. The highest BCUT2D eigenvalue weighted by atomic mass is 32.1. The van der Waals surface area contributed by atoms with E-state index in [0.717, 1.165) is 35.7 Å². The summed E-state index contributed by atoms with van der Waals surface area (Å²) in [6.07, 6.45) is 6.39. The van der Waals surface area contributed by atoms with E-state index >= 15 is 0 Å². The lowest BCUT2D eigenvalue weighted by Gasteiger charge is -2.06. The molecule has 0 radical (unpaired) electrons. The average molecular weight is 351 g/mol. The summed E-state index contributed by atoms with van der Waals surface area (Å²) in [6, 6.07) is 12.1. The number of hydrogen-bond donors (Lipinski definition) is 1. The average Bonchev–Trinajstić information content (AvgIpc) is 3.33. The molecule has 4 heterocycles. The minimum Gasteiger partial charge on any atom is -0.368 e. The van der Waals surface area contributed by atoms with Crippen molar-refractivity contribution in [1.29, 1.82) is 0 Å². The molecule has 0 spiro atoms. The van der Waals surface area contributed by atoms with Gasteiger partial charge in [-0.25, -0.2) is 9.50 Å². The summed E-state index contributed by atoms with van der Waals surface area (Å²) in [6.45, 7) is 4.86. The third-order valence-corrected chi connectivity index (χ3v) is 4.53. The minimum atomic E-state index is 0.834. The Hall–Kier alpha value is -2.73. The molecule has 4 aromatic rings. The maximum Gasteiger partial charge on any atom is 0.154 e. The van der Waals surface area contributed by atoms with E-state index < -0.39 is 0 Å². The van der Waals surface area contributed by atoms with Crippen LogP contribution in [0.3, 0.4) is 0 Å². The summed E-state index contributed by atoms with van der Waals surface area (Å²) in [7, 11) is 0. The molecule has 6 heteroatoms. The first-order valence-corrected chi connectivity index (χ1v) is 9.29. The molecule has 0 atom stereocenters. The van der Waals surface area contributed by atoms with Crippen LogP contribution in [0.15, 0.2) is 60.4 Å². The highest BCUT2D eigenvalue weighted by molar-refractivity contribution is 7.09. The van der Waals surface area contributed by atoms with Gasteiger partial charge < -0.3 is 5.32 Å². The van der Waals surface area contributed by atoms with Gasteiger partial charge in [-0.2, -0.15) is 0 Å². The van der Waals surface area contributed by atoms with Gasteiger partial charge in [-0.15, -0.1) is 16.4 Å². The van der Waals surface area contributed by atoms with Crippen molar-refractivity contribution in [2.75, 3.05) is 11.9 Å². The van der Waals surface area contributed by atoms with Gasteiger partial charge in [-0.3, -0.25) is 4.98 Å². The van der Waals surface area contributed by atoms with Crippen molar-refractivity contribution in [1.82, 2.24) is 19.6 Å². The molecule has 0 aliphatic heterocycles. The molecule has 25 heavy (non-hydrogen) atoms. The van der Waals surface area contributed by atoms with Crippen molar-refractivity contribution in [2.45, 2.75) is 20.3 Å². The zero-order valence-electron chi connectivity index (χ0n) is 14.4. The Morgan fingerprint density at radius 1 is 1.08 bits per heavy atom. The molecule has 0 saturated carbocycles. The van der Waals surface area contributed by atoms with Crippen molar-refractivity contribution in [3.05, 3.63) is 65.2 Å². The predicted molar refractivity (Wildman–Crippen MR) is 104 cm³/mol. The molecular formula is C19H21N5S. The third kappa shape index (κ3) is 4.03. The summed E-state index contributed by atoms with van der Waals surface area (Å²) >= 11 is 1.78. The largest absolute Gasteiger partial charge is 0.368 e. The molecule has 4 aromatic heterocycles. The number of pyridine rings is 1. The first-order valence-electron chi connectivity index (χ1n) is 8.41. The highest BCUT2D eigenvalue weighted by Crippen LogP contribution is 2.20. The van der Waals surface area contributed by atoms with Crippen LogP contribution in [-0.4, -0.2) is 26.1 Å². The van der Waals surface area contributed by atoms with Crippen LogP contribution in [0, 0.1) is 0 Å². The van der Waals surface area contributed by atoms with Gasteiger partial charge in [0.25, 0.3) is 0 Å². The van der Waals surface area contributed by atoms with E-state index in [0.29, 0.717) is 0 Å². The van der Waals surface area contributed by atoms with Crippen molar-refractivity contribution >= 4 is 22.8 Å². The van der Waals surface area contributed by atoms with Crippen LogP contribution in [0.5, 0.6) is 0 Å². The van der Waals surface area contributed by atoms with E-state index in [1.807, 2.05) is 48.8 Å². The Bertz CT molecular complexity index is 900. The molecule has 128 valence electrons. The van der Waals surface area contributed by atoms with Gasteiger partial charge in [0.1, 0.15) is 5.82 Å². The van der Waals surface area contributed by atoms with E-state index in [1.165, 1.54) is 4.88 Å². The van der Waals surface area contributed by atoms with Crippen LogP contribution >= 0.6 is 11.3 Å². The Balaban J connectivity index is 0.000000880. The van der Waals surface area contributed by atoms with E-state index in [-0.39, 0.29) is 0 Å². The Morgan fingerprint density at radius 2 is 1.92 bits per heavy atom. The summed E-state index contributed by atoms with van der Waals surface area (Å²) in [5, 5.41) is 10.1. The van der Waals surface area contributed by atoms with Gasteiger partial charge in [0.15, 0.2) is 5.65 Å². The fourth-order valence-corrected chi connectivity index (χ4v) is 3.16. The summed E-state index contributed by atoms with van der Waals surface area (Å²) in [5.74, 6) is 0.849. The molecule has 1 N–H and O–H groups in total. The Labute approximate surface area is 151 Å². The zero-order valence-corrected chi connectivity index (χ0v) is 15.2. The first kappa shape index (κ1) is 17.1. The number of fused-ring (bicyclic) bond motifs is 1. The Kier molecular flexibility index (Phi) is 5.74. The van der Waals surface area contributed by atoms with E-state index in [9.17, 15) is 0 Å². The molecule has 0 unspecified atom stereocenters. The van der Waals surface area contributed by atoms with Crippen LogP contribution < -0.4 is 5.32 Å². The number of nitrogens with zero attached hydrogens (tertiary/aromatic N) is 4. The number of nitrogens with one attached hydrogen (secondary N) is 1. The lowest BCUT2D eigenvalue weighted by Crippen LogP contribution is -2.07. The number of imidazole rings is 1. The summed E-state index contributed by atoms with van der Waals surface area (Å²) in [4.78, 5) is 9.84. The van der Waals surface area contributed by atoms with Crippen LogP contribution in [-0.2, 0) is 6.42 Å². The van der Waals surface area contributed by atoms with E-state index in [2.05, 4.69) is 37.9 Å². The SMILES string of the molecule is CC.c1csc(CCNc2ccc3ncc(-c4ccncc4)n3n2)c1. The standard InChI is InChI=1S/C17H15N5S.C2H6/c1-2-14(23-11-1)7-10-19-16-3-4-17-20-12-15(22(17)21-16)13-5-8-18-9-6-13;1-2/h1-6,8-9,11-12H,7,10H2,(H,19,21);1-2H3. The van der Waals surface area contributed by atoms with E-state index in [4.69, 9.17) is 0 Å². The third-order valence-electron chi connectivity index (χ3n) is 3.60. The van der Waals surface area contributed by atoms with Gasteiger partial charge in [-0.05, 0) is 42.1 Å². The second kappa shape index (κ2) is 8.39. The first-order chi connectivity index (χ1) is 12.4.